The minimum Gasteiger partial charge on any atom is -0.399 e. The molecule has 20 heavy (non-hydrogen) atoms. The Balaban J connectivity index is 1.83. The van der Waals surface area contributed by atoms with E-state index in [9.17, 15) is 8.78 Å². The number of nitrogens with two attached hydrogens (primary N) is 1. The Bertz CT molecular complexity index is 714. The summed E-state index contributed by atoms with van der Waals surface area (Å²) in [6.45, 7) is 0. The van der Waals surface area contributed by atoms with Gasteiger partial charge in [0.05, 0.1) is 10.6 Å². The average molecular weight is 291 g/mol. The van der Waals surface area contributed by atoms with E-state index in [1.54, 1.807) is 0 Å². The van der Waals surface area contributed by atoms with Gasteiger partial charge in [-0.1, -0.05) is 6.07 Å². The minimum absolute atomic E-state index is 0.0312. The minimum atomic E-state index is -0.642. The van der Waals surface area contributed by atoms with Gasteiger partial charge in [0, 0.05) is 23.8 Å². The quantitative estimate of drug-likeness (QED) is 0.593. The molecule has 0 unspecified atom stereocenters. The fraction of sp³-hybridized carbons (Fsp3) is 0.0714. The molecule has 0 fully saturated rings. The molecule has 0 aliphatic heterocycles. The lowest BCUT2D eigenvalue weighted by Gasteiger charge is -2.04. The van der Waals surface area contributed by atoms with Crippen LogP contribution in [-0.2, 0) is 5.75 Å². The molecule has 0 saturated carbocycles. The number of nitrogens with zero attached hydrogens (tertiary/aromatic N) is 2. The van der Waals surface area contributed by atoms with Crippen molar-refractivity contribution in [3.63, 3.8) is 0 Å². The molecule has 102 valence electrons. The van der Waals surface area contributed by atoms with Crippen molar-refractivity contribution < 1.29 is 8.78 Å². The first-order chi connectivity index (χ1) is 9.63. The van der Waals surface area contributed by atoms with Gasteiger partial charge in [-0.3, -0.25) is 0 Å². The van der Waals surface area contributed by atoms with Crippen molar-refractivity contribution >= 4 is 23.1 Å². The second-order valence-electron chi connectivity index (χ2n) is 4.30. The second kappa shape index (κ2) is 5.13. The molecule has 0 aliphatic carbocycles. The molecule has 0 spiro atoms. The summed E-state index contributed by atoms with van der Waals surface area (Å²) < 4.78 is 29.2. The maximum Gasteiger partial charge on any atom is 0.141 e. The highest BCUT2D eigenvalue weighted by Crippen LogP contribution is 2.29. The zero-order chi connectivity index (χ0) is 14.1. The third-order valence-electron chi connectivity index (χ3n) is 2.80. The van der Waals surface area contributed by atoms with E-state index in [-0.39, 0.29) is 10.6 Å². The largest absolute Gasteiger partial charge is 0.399 e. The first kappa shape index (κ1) is 12.9. The zero-order valence-electron chi connectivity index (χ0n) is 10.4. The van der Waals surface area contributed by atoms with Crippen molar-refractivity contribution in [1.29, 1.82) is 0 Å². The van der Waals surface area contributed by atoms with Gasteiger partial charge in [-0.25, -0.2) is 13.8 Å². The summed E-state index contributed by atoms with van der Waals surface area (Å²) in [5.74, 6) is -0.896. The van der Waals surface area contributed by atoms with E-state index in [0.717, 1.165) is 35.2 Å². The number of benzene rings is 1. The van der Waals surface area contributed by atoms with Gasteiger partial charge < -0.3 is 10.1 Å². The highest BCUT2D eigenvalue weighted by Gasteiger charge is 2.12. The molecule has 0 saturated heterocycles. The van der Waals surface area contributed by atoms with Crippen LogP contribution in [-0.4, -0.2) is 9.38 Å². The van der Waals surface area contributed by atoms with Crippen molar-refractivity contribution in [1.82, 2.24) is 9.38 Å². The van der Waals surface area contributed by atoms with Crippen LogP contribution in [0.2, 0.25) is 0 Å². The predicted octanol–water partition coefficient (Wildman–Crippen LogP) is 3.49. The molecule has 0 atom stereocenters. The smallest absolute Gasteiger partial charge is 0.141 e. The van der Waals surface area contributed by atoms with Crippen LogP contribution in [0.5, 0.6) is 0 Å². The number of rotatable bonds is 3. The van der Waals surface area contributed by atoms with Gasteiger partial charge in [0.1, 0.15) is 17.3 Å². The molecule has 1 aromatic carbocycles. The van der Waals surface area contributed by atoms with Gasteiger partial charge in [0.15, 0.2) is 0 Å². The van der Waals surface area contributed by atoms with E-state index in [0.29, 0.717) is 5.75 Å². The molecule has 2 aromatic heterocycles. The van der Waals surface area contributed by atoms with Crippen molar-refractivity contribution in [2.45, 2.75) is 10.6 Å². The first-order valence-corrected chi connectivity index (χ1v) is 6.92. The number of anilines is 1. The van der Waals surface area contributed by atoms with Crippen LogP contribution < -0.4 is 5.73 Å². The molecule has 2 heterocycles. The average Bonchev–Trinajstić information content (AvgIpc) is 2.80. The predicted molar refractivity (Wildman–Crippen MR) is 75.5 cm³/mol. The van der Waals surface area contributed by atoms with Crippen molar-refractivity contribution in [3.8, 4) is 0 Å². The lowest BCUT2D eigenvalue weighted by molar-refractivity contribution is 0.542. The Hall–Kier alpha value is -2.08. The monoisotopic (exact) mass is 291 g/mol. The lowest BCUT2D eigenvalue weighted by Crippen LogP contribution is -1.93. The first-order valence-electron chi connectivity index (χ1n) is 5.93. The number of hydrogen-bond acceptors (Lipinski definition) is 3. The molecule has 0 aliphatic rings. The van der Waals surface area contributed by atoms with Gasteiger partial charge in [-0.05, 0) is 24.3 Å². The van der Waals surface area contributed by atoms with Crippen molar-refractivity contribution in [2.24, 2.45) is 0 Å². The van der Waals surface area contributed by atoms with E-state index in [4.69, 9.17) is 5.73 Å². The molecule has 6 heteroatoms. The van der Waals surface area contributed by atoms with E-state index in [2.05, 4.69) is 4.98 Å². The molecule has 0 amide bonds. The van der Waals surface area contributed by atoms with Crippen LogP contribution >= 0.6 is 11.8 Å². The fourth-order valence-corrected chi connectivity index (χ4v) is 2.75. The summed E-state index contributed by atoms with van der Waals surface area (Å²) >= 11 is 1.07. The second-order valence-corrected chi connectivity index (χ2v) is 5.29. The van der Waals surface area contributed by atoms with Crippen LogP contribution in [0.4, 0.5) is 14.5 Å². The molecular formula is C14H11F2N3S. The topological polar surface area (TPSA) is 43.3 Å². The van der Waals surface area contributed by atoms with Gasteiger partial charge >= 0.3 is 0 Å². The number of pyridine rings is 1. The van der Waals surface area contributed by atoms with E-state index < -0.39 is 11.6 Å². The number of nitrogen functional groups attached to an aromatic ring is 1. The van der Waals surface area contributed by atoms with Crippen LogP contribution in [0.25, 0.3) is 5.65 Å². The molecule has 3 nitrogen and oxygen atoms in total. The van der Waals surface area contributed by atoms with E-state index in [1.165, 1.54) is 0 Å². The third kappa shape index (κ3) is 2.46. The summed E-state index contributed by atoms with van der Waals surface area (Å²) in [4.78, 5) is 4.35. The molecule has 0 bridgehead atoms. The Morgan fingerprint density at radius 1 is 1.20 bits per heavy atom. The standard InChI is InChI=1S/C14H11F2N3S/c15-11-5-9(17)6-12(16)14(11)20-8-10-7-19-4-2-1-3-13(19)18-10/h1-7H,8,17H2. The summed E-state index contributed by atoms with van der Waals surface area (Å²) in [6, 6.07) is 7.90. The van der Waals surface area contributed by atoms with Crippen LogP contribution in [0.15, 0.2) is 47.6 Å². The summed E-state index contributed by atoms with van der Waals surface area (Å²) in [5, 5.41) is 0. The van der Waals surface area contributed by atoms with Gasteiger partial charge in [0.2, 0.25) is 0 Å². The van der Waals surface area contributed by atoms with E-state index >= 15 is 0 Å². The van der Waals surface area contributed by atoms with Crippen molar-refractivity contribution in [2.75, 3.05) is 5.73 Å². The highest BCUT2D eigenvalue weighted by atomic mass is 32.2. The van der Waals surface area contributed by atoms with Gasteiger partial charge in [-0.15, -0.1) is 11.8 Å². The lowest BCUT2D eigenvalue weighted by atomic mass is 10.3. The number of imidazole rings is 1. The highest BCUT2D eigenvalue weighted by molar-refractivity contribution is 7.98. The molecule has 3 rings (SSSR count). The third-order valence-corrected chi connectivity index (χ3v) is 3.92. The number of fused-ring (bicyclic) bond motifs is 1. The normalized spacial score (nSPS) is 11.1. The maximum atomic E-state index is 13.7. The summed E-state index contributed by atoms with van der Waals surface area (Å²) in [5.41, 5.74) is 7.03. The Morgan fingerprint density at radius 2 is 1.95 bits per heavy atom. The van der Waals surface area contributed by atoms with Crippen LogP contribution in [0.3, 0.4) is 0 Å². The Morgan fingerprint density at radius 3 is 2.65 bits per heavy atom. The molecular weight excluding hydrogens is 280 g/mol. The summed E-state index contributed by atoms with van der Waals surface area (Å²) in [6.07, 6.45) is 3.72. The number of aromatic nitrogens is 2. The molecule has 0 radical (unpaired) electrons. The fourth-order valence-electron chi connectivity index (χ4n) is 1.92. The van der Waals surface area contributed by atoms with Gasteiger partial charge in [0.25, 0.3) is 0 Å². The maximum absolute atomic E-state index is 13.7. The number of hydrogen-bond donors (Lipinski definition) is 1. The Labute approximate surface area is 118 Å². The Kier molecular flexibility index (Phi) is 3.31. The number of halogens is 2. The molecule has 2 N–H and O–H groups in total. The van der Waals surface area contributed by atoms with Crippen molar-refractivity contribution in [3.05, 3.63) is 60.1 Å². The van der Waals surface area contributed by atoms with E-state index in [1.807, 2.05) is 35.0 Å². The van der Waals surface area contributed by atoms with Crippen LogP contribution in [0, 0.1) is 11.6 Å². The summed E-state index contributed by atoms with van der Waals surface area (Å²) in [7, 11) is 0. The van der Waals surface area contributed by atoms with Gasteiger partial charge in [-0.2, -0.15) is 0 Å². The SMILES string of the molecule is Nc1cc(F)c(SCc2cn3ccccc3n2)c(F)c1. The van der Waals surface area contributed by atoms with Crippen LogP contribution in [0.1, 0.15) is 5.69 Å². The molecule has 3 aromatic rings. The zero-order valence-corrected chi connectivity index (χ0v) is 11.2. The number of thioether (sulfide) groups is 1.